The van der Waals surface area contributed by atoms with Crippen molar-refractivity contribution in [3.05, 3.63) is 0 Å². The fourth-order valence-electron chi connectivity index (χ4n) is 2.63. The van der Waals surface area contributed by atoms with Gasteiger partial charge in [-0.2, -0.15) is 0 Å². The lowest BCUT2D eigenvalue weighted by molar-refractivity contribution is 0.295. The highest BCUT2D eigenvalue weighted by atomic mass is 14.9. The SMILES string of the molecule is CN[C@H]1C[C@H]2CNCC[C@H]2C1. The molecule has 11 heavy (non-hydrogen) atoms. The van der Waals surface area contributed by atoms with Crippen LogP contribution in [-0.4, -0.2) is 26.2 Å². The Morgan fingerprint density at radius 1 is 1.27 bits per heavy atom. The van der Waals surface area contributed by atoms with Crippen LogP contribution < -0.4 is 10.6 Å². The minimum Gasteiger partial charge on any atom is -0.317 e. The van der Waals surface area contributed by atoms with Crippen LogP contribution in [0.1, 0.15) is 19.3 Å². The number of fused-ring (bicyclic) bond motifs is 1. The van der Waals surface area contributed by atoms with Crippen LogP contribution in [0, 0.1) is 11.8 Å². The van der Waals surface area contributed by atoms with Crippen LogP contribution in [0.4, 0.5) is 0 Å². The van der Waals surface area contributed by atoms with Crippen LogP contribution in [-0.2, 0) is 0 Å². The van der Waals surface area contributed by atoms with E-state index in [1.54, 1.807) is 0 Å². The lowest BCUT2D eigenvalue weighted by atomic mass is 9.90. The van der Waals surface area contributed by atoms with Gasteiger partial charge >= 0.3 is 0 Å². The first kappa shape index (κ1) is 7.56. The van der Waals surface area contributed by atoms with Gasteiger partial charge in [-0.05, 0) is 51.2 Å². The molecule has 0 spiro atoms. The fourth-order valence-corrected chi connectivity index (χ4v) is 2.63. The molecule has 0 radical (unpaired) electrons. The molecular weight excluding hydrogens is 136 g/mol. The maximum absolute atomic E-state index is 3.47. The Morgan fingerprint density at radius 3 is 2.82 bits per heavy atom. The molecule has 1 saturated heterocycles. The summed E-state index contributed by atoms with van der Waals surface area (Å²) in [5.74, 6) is 2.00. The van der Waals surface area contributed by atoms with E-state index >= 15 is 0 Å². The van der Waals surface area contributed by atoms with Gasteiger partial charge in [0.25, 0.3) is 0 Å². The Balaban J connectivity index is 1.92. The first-order valence-electron chi connectivity index (χ1n) is 4.78. The first-order valence-corrected chi connectivity index (χ1v) is 4.78. The second kappa shape index (κ2) is 3.11. The zero-order valence-corrected chi connectivity index (χ0v) is 7.27. The largest absolute Gasteiger partial charge is 0.317 e. The predicted octanol–water partition coefficient (Wildman–Crippen LogP) is 0.594. The summed E-state index contributed by atoms with van der Waals surface area (Å²) >= 11 is 0. The zero-order chi connectivity index (χ0) is 7.68. The maximum atomic E-state index is 3.47. The van der Waals surface area contributed by atoms with Crippen LogP contribution in [0.5, 0.6) is 0 Å². The second-order valence-electron chi connectivity index (χ2n) is 3.97. The van der Waals surface area contributed by atoms with E-state index in [1.807, 2.05) is 0 Å². The van der Waals surface area contributed by atoms with Crippen molar-refractivity contribution in [1.29, 1.82) is 0 Å². The van der Waals surface area contributed by atoms with Crippen molar-refractivity contribution in [3.8, 4) is 0 Å². The van der Waals surface area contributed by atoms with Crippen molar-refractivity contribution in [2.75, 3.05) is 20.1 Å². The van der Waals surface area contributed by atoms with E-state index in [1.165, 1.54) is 32.4 Å². The lowest BCUT2D eigenvalue weighted by Gasteiger charge is -2.25. The summed E-state index contributed by atoms with van der Waals surface area (Å²) in [5.41, 5.74) is 0. The standard InChI is InChI=1S/C9H18N2/c1-10-9-4-7-2-3-11-6-8(7)5-9/h7-11H,2-6H2,1H3/t7-,8-,9+/m0/s1. The van der Waals surface area contributed by atoms with Gasteiger partial charge in [0.15, 0.2) is 0 Å². The van der Waals surface area contributed by atoms with Crippen LogP contribution in [0.25, 0.3) is 0 Å². The molecule has 0 unspecified atom stereocenters. The van der Waals surface area contributed by atoms with Crippen molar-refractivity contribution < 1.29 is 0 Å². The number of nitrogens with one attached hydrogen (secondary N) is 2. The number of hydrogen-bond acceptors (Lipinski definition) is 2. The third-order valence-corrected chi connectivity index (χ3v) is 3.35. The first-order chi connectivity index (χ1) is 5.40. The Bertz CT molecular complexity index is 122. The minimum absolute atomic E-state index is 0.810. The molecule has 1 saturated carbocycles. The van der Waals surface area contributed by atoms with Gasteiger partial charge < -0.3 is 10.6 Å². The van der Waals surface area contributed by atoms with Gasteiger partial charge in [0.2, 0.25) is 0 Å². The Morgan fingerprint density at radius 2 is 2.09 bits per heavy atom. The molecule has 2 rings (SSSR count). The summed E-state index contributed by atoms with van der Waals surface area (Å²) in [6.45, 7) is 2.51. The van der Waals surface area contributed by atoms with E-state index in [9.17, 15) is 0 Å². The molecule has 2 nitrogen and oxygen atoms in total. The van der Waals surface area contributed by atoms with E-state index in [-0.39, 0.29) is 0 Å². The lowest BCUT2D eigenvalue weighted by Crippen LogP contribution is -2.33. The van der Waals surface area contributed by atoms with Gasteiger partial charge in [0, 0.05) is 6.04 Å². The monoisotopic (exact) mass is 154 g/mol. The summed E-state index contributed by atoms with van der Waals surface area (Å²) in [5, 5.41) is 6.87. The molecule has 0 bridgehead atoms. The van der Waals surface area contributed by atoms with E-state index in [0.29, 0.717) is 0 Å². The van der Waals surface area contributed by atoms with Crippen LogP contribution in [0.15, 0.2) is 0 Å². The summed E-state index contributed by atoms with van der Waals surface area (Å²) in [7, 11) is 2.09. The van der Waals surface area contributed by atoms with Gasteiger partial charge in [0.05, 0.1) is 0 Å². The van der Waals surface area contributed by atoms with Gasteiger partial charge in [0.1, 0.15) is 0 Å². The molecule has 2 aliphatic rings. The minimum atomic E-state index is 0.810. The molecule has 0 aromatic heterocycles. The van der Waals surface area contributed by atoms with Crippen molar-refractivity contribution >= 4 is 0 Å². The van der Waals surface area contributed by atoms with Crippen LogP contribution in [0.2, 0.25) is 0 Å². The highest BCUT2D eigenvalue weighted by Crippen LogP contribution is 2.35. The molecule has 3 atom stereocenters. The maximum Gasteiger partial charge on any atom is 0.00700 e. The quantitative estimate of drug-likeness (QED) is 0.578. The van der Waals surface area contributed by atoms with Gasteiger partial charge in [-0.1, -0.05) is 0 Å². The van der Waals surface area contributed by atoms with E-state index in [0.717, 1.165) is 17.9 Å². The Kier molecular flexibility index (Phi) is 2.14. The summed E-state index contributed by atoms with van der Waals surface area (Å²) in [4.78, 5) is 0. The van der Waals surface area contributed by atoms with Crippen molar-refractivity contribution in [2.24, 2.45) is 11.8 Å². The van der Waals surface area contributed by atoms with Gasteiger partial charge in [-0.25, -0.2) is 0 Å². The van der Waals surface area contributed by atoms with E-state index in [4.69, 9.17) is 0 Å². The molecule has 0 aromatic rings. The highest BCUT2D eigenvalue weighted by molar-refractivity contribution is 4.90. The third kappa shape index (κ3) is 1.42. The second-order valence-corrected chi connectivity index (χ2v) is 3.97. The Labute approximate surface area is 68.7 Å². The van der Waals surface area contributed by atoms with Crippen molar-refractivity contribution in [1.82, 2.24) is 10.6 Å². The smallest absolute Gasteiger partial charge is 0.00700 e. The molecule has 1 heterocycles. The number of piperidine rings is 1. The molecular formula is C9H18N2. The molecule has 1 aliphatic heterocycles. The van der Waals surface area contributed by atoms with Gasteiger partial charge in [-0.3, -0.25) is 0 Å². The number of hydrogen-bond donors (Lipinski definition) is 2. The average molecular weight is 154 g/mol. The summed E-state index contributed by atoms with van der Waals surface area (Å²) in [6, 6.07) is 0.810. The molecule has 2 fully saturated rings. The zero-order valence-electron chi connectivity index (χ0n) is 7.27. The molecule has 64 valence electrons. The average Bonchev–Trinajstić information content (AvgIpc) is 2.46. The Hall–Kier alpha value is -0.0800. The molecule has 2 N–H and O–H groups in total. The molecule has 0 amide bonds. The molecule has 1 aliphatic carbocycles. The van der Waals surface area contributed by atoms with Crippen LogP contribution in [0.3, 0.4) is 0 Å². The fraction of sp³-hybridized carbons (Fsp3) is 1.00. The van der Waals surface area contributed by atoms with E-state index < -0.39 is 0 Å². The third-order valence-electron chi connectivity index (χ3n) is 3.35. The molecule has 2 heteroatoms. The van der Waals surface area contributed by atoms with Crippen molar-refractivity contribution in [2.45, 2.75) is 25.3 Å². The molecule has 0 aromatic carbocycles. The topological polar surface area (TPSA) is 24.1 Å². The van der Waals surface area contributed by atoms with Crippen molar-refractivity contribution in [3.63, 3.8) is 0 Å². The summed E-state index contributed by atoms with van der Waals surface area (Å²) in [6.07, 6.45) is 4.22. The highest BCUT2D eigenvalue weighted by Gasteiger charge is 2.34. The van der Waals surface area contributed by atoms with Gasteiger partial charge in [-0.15, -0.1) is 0 Å². The normalized spacial score (nSPS) is 43.9. The van der Waals surface area contributed by atoms with Crippen LogP contribution >= 0.6 is 0 Å². The van der Waals surface area contributed by atoms with E-state index in [2.05, 4.69) is 17.7 Å². The number of rotatable bonds is 1. The summed E-state index contributed by atoms with van der Waals surface area (Å²) < 4.78 is 0. The predicted molar refractivity (Wildman–Crippen MR) is 46.5 cm³/mol.